The number of hydrogen-bond donors (Lipinski definition) is 0. The normalized spacial score (nSPS) is 13.3. The van der Waals surface area contributed by atoms with Crippen LogP contribution in [0.15, 0.2) is 77.8 Å². The van der Waals surface area contributed by atoms with Gasteiger partial charge in [-0.15, -0.1) is 0 Å². The summed E-state index contributed by atoms with van der Waals surface area (Å²) in [5, 5.41) is 0. The van der Waals surface area contributed by atoms with E-state index in [2.05, 4.69) is 29.3 Å². The summed E-state index contributed by atoms with van der Waals surface area (Å²) in [7, 11) is 0. The molecule has 0 aliphatic carbocycles. The van der Waals surface area contributed by atoms with E-state index in [1.54, 1.807) is 12.1 Å². The van der Waals surface area contributed by atoms with Crippen LogP contribution < -0.4 is 0 Å². The highest BCUT2D eigenvalue weighted by Crippen LogP contribution is 2.32. The van der Waals surface area contributed by atoms with Gasteiger partial charge in [-0.3, -0.25) is 4.79 Å². The fraction of sp³-hybridized carbons (Fsp3) is 0.167. The van der Waals surface area contributed by atoms with Gasteiger partial charge in [0.15, 0.2) is 0 Å². The maximum absolute atomic E-state index is 14.0. The number of fused-ring (bicyclic) bond motifs is 3. The monoisotopic (exact) mass is 388 g/mol. The van der Waals surface area contributed by atoms with E-state index < -0.39 is 11.7 Å². The summed E-state index contributed by atoms with van der Waals surface area (Å²) >= 11 is 0. The highest BCUT2D eigenvalue weighted by Gasteiger charge is 2.23. The van der Waals surface area contributed by atoms with E-state index in [4.69, 9.17) is 4.74 Å². The van der Waals surface area contributed by atoms with Crippen molar-refractivity contribution >= 4 is 11.9 Å². The van der Waals surface area contributed by atoms with Gasteiger partial charge in [0.2, 0.25) is 0 Å². The number of benzene rings is 3. The molecule has 0 spiro atoms. The number of rotatable bonds is 2. The summed E-state index contributed by atoms with van der Waals surface area (Å²) in [6.45, 7) is 3.26. The molecule has 5 heteroatoms. The number of amides is 1. The summed E-state index contributed by atoms with van der Waals surface area (Å²) in [5.41, 5.74) is 4.47. The van der Waals surface area contributed by atoms with Gasteiger partial charge < -0.3 is 9.64 Å². The molecule has 0 bridgehead atoms. The maximum atomic E-state index is 14.0. The number of aliphatic imine (C=N–C) groups is 1. The summed E-state index contributed by atoms with van der Waals surface area (Å²) in [6, 6.07) is 22.4. The van der Waals surface area contributed by atoms with E-state index in [1.807, 2.05) is 36.1 Å². The minimum absolute atomic E-state index is 0.0691. The summed E-state index contributed by atoms with van der Waals surface area (Å²) < 4.78 is 19.8. The largest absolute Gasteiger partial charge is 0.465 e. The first-order valence-corrected chi connectivity index (χ1v) is 9.59. The van der Waals surface area contributed by atoms with Crippen LogP contribution in [-0.2, 0) is 17.8 Å². The third-order valence-electron chi connectivity index (χ3n) is 4.89. The van der Waals surface area contributed by atoms with E-state index in [0.29, 0.717) is 19.7 Å². The summed E-state index contributed by atoms with van der Waals surface area (Å²) in [5.74, 6) is -1.25. The number of nitrogens with zero attached hydrogens (tertiary/aromatic N) is 2. The van der Waals surface area contributed by atoms with Crippen LogP contribution in [0.3, 0.4) is 0 Å². The van der Waals surface area contributed by atoms with Gasteiger partial charge in [-0.2, -0.15) is 4.99 Å². The summed E-state index contributed by atoms with van der Waals surface area (Å²) in [4.78, 5) is 18.7. The average molecular weight is 388 g/mol. The Morgan fingerprint density at radius 1 is 0.931 bits per heavy atom. The Morgan fingerprint density at radius 2 is 1.48 bits per heavy atom. The van der Waals surface area contributed by atoms with Crippen molar-refractivity contribution in [2.75, 3.05) is 6.61 Å². The van der Waals surface area contributed by atoms with Gasteiger partial charge >= 0.3 is 0 Å². The smallest absolute Gasteiger partial charge is 0.296 e. The zero-order valence-corrected chi connectivity index (χ0v) is 16.1. The molecule has 0 aromatic heterocycles. The first kappa shape index (κ1) is 18.9. The van der Waals surface area contributed by atoms with Gasteiger partial charge in [-0.05, 0) is 41.3 Å². The Balaban J connectivity index is 1.75. The van der Waals surface area contributed by atoms with E-state index in [0.717, 1.165) is 22.3 Å². The molecule has 0 N–H and O–H groups in total. The third-order valence-corrected chi connectivity index (χ3v) is 4.89. The van der Waals surface area contributed by atoms with Gasteiger partial charge in [0.25, 0.3) is 11.9 Å². The van der Waals surface area contributed by atoms with Crippen molar-refractivity contribution in [3.8, 4) is 11.1 Å². The number of carbonyl (C=O) groups excluding carboxylic acids is 1. The predicted octanol–water partition coefficient (Wildman–Crippen LogP) is 5.04. The first-order valence-electron chi connectivity index (χ1n) is 9.59. The number of halogens is 1. The molecule has 4 rings (SSSR count). The zero-order chi connectivity index (χ0) is 20.2. The molecule has 0 saturated carbocycles. The second kappa shape index (κ2) is 8.27. The Labute approximate surface area is 169 Å². The van der Waals surface area contributed by atoms with E-state index in [9.17, 15) is 9.18 Å². The van der Waals surface area contributed by atoms with E-state index in [1.165, 1.54) is 12.1 Å². The highest BCUT2D eigenvalue weighted by atomic mass is 19.1. The highest BCUT2D eigenvalue weighted by molar-refractivity contribution is 6.01. The van der Waals surface area contributed by atoms with Crippen LogP contribution in [0.4, 0.5) is 4.39 Å². The number of carbonyl (C=O) groups is 1. The fourth-order valence-corrected chi connectivity index (χ4v) is 3.55. The van der Waals surface area contributed by atoms with Gasteiger partial charge in [-0.25, -0.2) is 4.39 Å². The van der Waals surface area contributed by atoms with Crippen LogP contribution in [-0.4, -0.2) is 23.4 Å². The van der Waals surface area contributed by atoms with Crippen molar-refractivity contribution in [3.63, 3.8) is 0 Å². The van der Waals surface area contributed by atoms with Gasteiger partial charge in [0.1, 0.15) is 5.82 Å². The van der Waals surface area contributed by atoms with Crippen molar-refractivity contribution in [3.05, 3.63) is 95.3 Å². The van der Waals surface area contributed by atoms with E-state index in [-0.39, 0.29) is 11.6 Å². The molecule has 1 amide bonds. The molecule has 0 unspecified atom stereocenters. The summed E-state index contributed by atoms with van der Waals surface area (Å²) in [6.07, 6.45) is 0. The van der Waals surface area contributed by atoms with Gasteiger partial charge in [-0.1, -0.05) is 60.7 Å². The molecule has 0 fully saturated rings. The van der Waals surface area contributed by atoms with Crippen LogP contribution in [0.25, 0.3) is 11.1 Å². The molecule has 1 aliphatic heterocycles. The van der Waals surface area contributed by atoms with Crippen LogP contribution in [0, 0.1) is 5.82 Å². The second-order valence-corrected chi connectivity index (χ2v) is 6.78. The van der Waals surface area contributed by atoms with Crippen molar-refractivity contribution in [2.45, 2.75) is 20.0 Å². The molecule has 0 radical (unpaired) electrons. The fourth-order valence-electron chi connectivity index (χ4n) is 3.55. The topological polar surface area (TPSA) is 41.9 Å². The first-order chi connectivity index (χ1) is 14.2. The Bertz CT molecular complexity index is 1030. The van der Waals surface area contributed by atoms with Crippen LogP contribution in [0.5, 0.6) is 0 Å². The van der Waals surface area contributed by atoms with Crippen LogP contribution in [0.1, 0.15) is 28.4 Å². The van der Waals surface area contributed by atoms with Crippen molar-refractivity contribution in [2.24, 2.45) is 4.99 Å². The lowest BCUT2D eigenvalue weighted by atomic mass is 9.97. The molecule has 0 atom stereocenters. The molecule has 0 saturated heterocycles. The number of hydrogen-bond acceptors (Lipinski definition) is 2. The van der Waals surface area contributed by atoms with Crippen molar-refractivity contribution in [1.29, 1.82) is 0 Å². The quantitative estimate of drug-likeness (QED) is 0.456. The Kier molecular flexibility index (Phi) is 5.38. The molecule has 3 aromatic rings. The number of amidine groups is 1. The SMILES string of the molecule is CCOC(=NC(=O)c1ccccc1F)N1Cc2ccccc2-c2ccccc2C1. The molecule has 1 heterocycles. The lowest BCUT2D eigenvalue weighted by Crippen LogP contribution is -2.32. The van der Waals surface area contributed by atoms with E-state index >= 15 is 0 Å². The molecule has 4 nitrogen and oxygen atoms in total. The molecular weight excluding hydrogens is 367 g/mol. The maximum Gasteiger partial charge on any atom is 0.296 e. The third kappa shape index (κ3) is 3.90. The average Bonchev–Trinajstić information content (AvgIpc) is 2.90. The molecule has 29 heavy (non-hydrogen) atoms. The van der Waals surface area contributed by atoms with Crippen LogP contribution >= 0.6 is 0 Å². The Morgan fingerprint density at radius 3 is 2.07 bits per heavy atom. The Hall–Kier alpha value is -3.47. The molecule has 146 valence electrons. The predicted molar refractivity (Wildman–Crippen MR) is 111 cm³/mol. The van der Waals surface area contributed by atoms with Crippen molar-refractivity contribution in [1.82, 2.24) is 4.90 Å². The molecule has 1 aliphatic rings. The molecular formula is C24H21FN2O2. The lowest BCUT2D eigenvalue weighted by Gasteiger charge is -2.24. The standard InChI is InChI=1S/C24H21FN2O2/c1-2-29-24(26-23(28)21-13-7-8-14-22(21)25)27-15-17-9-3-5-11-19(17)20-12-6-4-10-18(20)16-27/h3-14H,2,15-16H2,1H3. The number of ether oxygens (including phenoxy) is 1. The lowest BCUT2D eigenvalue weighted by molar-refractivity contribution is 0.0989. The van der Waals surface area contributed by atoms with Gasteiger partial charge in [0, 0.05) is 13.1 Å². The minimum atomic E-state index is -0.655. The second-order valence-electron chi connectivity index (χ2n) is 6.78. The molecule has 3 aromatic carbocycles. The minimum Gasteiger partial charge on any atom is -0.465 e. The van der Waals surface area contributed by atoms with Gasteiger partial charge in [0.05, 0.1) is 12.2 Å². The van der Waals surface area contributed by atoms with Crippen LogP contribution in [0.2, 0.25) is 0 Å². The van der Waals surface area contributed by atoms with Crippen molar-refractivity contribution < 1.29 is 13.9 Å². The zero-order valence-electron chi connectivity index (χ0n) is 16.1.